The Bertz CT molecular complexity index is 536. The van der Waals surface area contributed by atoms with E-state index >= 15 is 0 Å². The van der Waals surface area contributed by atoms with Crippen molar-refractivity contribution in [2.75, 3.05) is 99.1 Å². The van der Waals surface area contributed by atoms with Crippen molar-refractivity contribution in [2.24, 2.45) is 0 Å². The normalized spacial score (nSPS) is 11.4. The summed E-state index contributed by atoms with van der Waals surface area (Å²) in [6.07, 6.45) is 21.0. The van der Waals surface area contributed by atoms with E-state index in [0.29, 0.717) is 98.9 Å². The average molecular weight is 635 g/mol. The largest absolute Gasteiger partial charge is 0.463 e. The lowest BCUT2D eigenvalue weighted by atomic mass is 10.1. The lowest BCUT2D eigenvalue weighted by Gasteiger charge is -2.09. The molecule has 0 unspecified atom stereocenters. The quantitative estimate of drug-likeness (QED) is 0.0510. The molecule has 0 N–H and O–H groups in total. The molecule has 0 aromatic rings. The average Bonchev–Trinajstić information content (AvgIpc) is 3.03. The molecule has 0 atom stereocenters. The molecule has 9 heteroatoms. The number of esters is 1. The summed E-state index contributed by atoms with van der Waals surface area (Å²) >= 11 is 0. The van der Waals surface area contributed by atoms with E-state index in [1.165, 1.54) is 83.5 Å². The van der Waals surface area contributed by atoms with Crippen LogP contribution < -0.4 is 0 Å². The number of hydrogen-bond donors (Lipinski definition) is 0. The van der Waals surface area contributed by atoms with E-state index in [2.05, 4.69) is 13.8 Å². The molecule has 0 aliphatic heterocycles. The molecule has 0 saturated heterocycles. The first kappa shape index (κ1) is 43.2. The zero-order valence-corrected chi connectivity index (χ0v) is 28.8. The summed E-state index contributed by atoms with van der Waals surface area (Å²) in [6, 6.07) is 0. The number of rotatable bonds is 39. The molecule has 0 heterocycles. The first-order chi connectivity index (χ1) is 21.8. The molecule has 0 saturated carbocycles. The van der Waals surface area contributed by atoms with Crippen LogP contribution in [0.1, 0.15) is 123 Å². The van der Waals surface area contributed by atoms with Crippen molar-refractivity contribution in [2.45, 2.75) is 123 Å². The van der Waals surface area contributed by atoms with Gasteiger partial charge < -0.3 is 37.9 Å². The third-order valence-corrected chi connectivity index (χ3v) is 7.10. The summed E-state index contributed by atoms with van der Waals surface area (Å²) in [5.41, 5.74) is 0. The van der Waals surface area contributed by atoms with Crippen LogP contribution in [0.4, 0.5) is 0 Å². The van der Waals surface area contributed by atoms with Gasteiger partial charge in [0.05, 0.1) is 85.9 Å². The van der Waals surface area contributed by atoms with Crippen LogP contribution in [0, 0.1) is 0 Å². The van der Waals surface area contributed by atoms with E-state index in [0.717, 1.165) is 25.9 Å². The Morgan fingerprint density at radius 2 is 0.591 bits per heavy atom. The standard InChI is InChI=1S/C35H70O9/c1-3-5-7-9-10-11-12-13-14-16-18-20-37-21-22-38-23-24-39-25-26-40-27-28-41-29-30-42-31-32-43-33-34-44-35(36)19-17-15-8-6-4-2/h3-34H2,1-2H3. The number of carbonyl (C=O) groups excluding carboxylic acids is 1. The second-order valence-electron chi connectivity index (χ2n) is 11.2. The Kier molecular flexibility index (Phi) is 39.5. The number of ether oxygens (including phenoxy) is 8. The highest BCUT2D eigenvalue weighted by atomic mass is 16.6. The Labute approximate surface area is 270 Å². The van der Waals surface area contributed by atoms with Crippen molar-refractivity contribution in [3.8, 4) is 0 Å². The maximum atomic E-state index is 11.6. The SMILES string of the molecule is CCCCCCCCCCCCCOCCOCCOCCOCCOCCOCCOCCOC(=O)CCCCCCC. The summed E-state index contributed by atoms with van der Waals surface area (Å²) in [6.45, 7) is 12.5. The van der Waals surface area contributed by atoms with Crippen LogP contribution in [0.5, 0.6) is 0 Å². The summed E-state index contributed by atoms with van der Waals surface area (Å²) in [5.74, 6) is -0.138. The minimum absolute atomic E-state index is 0.138. The maximum absolute atomic E-state index is 11.6. The number of hydrogen-bond acceptors (Lipinski definition) is 9. The smallest absolute Gasteiger partial charge is 0.305 e. The molecule has 0 fully saturated rings. The summed E-state index contributed by atoms with van der Waals surface area (Å²) in [5, 5.41) is 0. The third kappa shape index (κ3) is 39.2. The van der Waals surface area contributed by atoms with Gasteiger partial charge in [0.15, 0.2) is 0 Å². The van der Waals surface area contributed by atoms with Crippen molar-refractivity contribution in [1.29, 1.82) is 0 Å². The van der Waals surface area contributed by atoms with Gasteiger partial charge in [-0.25, -0.2) is 0 Å². The van der Waals surface area contributed by atoms with E-state index in [9.17, 15) is 4.79 Å². The Balaban J connectivity index is 3.08. The van der Waals surface area contributed by atoms with Crippen molar-refractivity contribution in [3.63, 3.8) is 0 Å². The second-order valence-corrected chi connectivity index (χ2v) is 11.2. The van der Waals surface area contributed by atoms with Crippen LogP contribution in [-0.2, 0) is 42.7 Å². The van der Waals surface area contributed by atoms with Crippen LogP contribution in [0.2, 0.25) is 0 Å². The van der Waals surface area contributed by atoms with E-state index < -0.39 is 0 Å². The highest BCUT2D eigenvalue weighted by Gasteiger charge is 2.02. The predicted molar refractivity (Wildman–Crippen MR) is 177 cm³/mol. The zero-order valence-electron chi connectivity index (χ0n) is 28.8. The summed E-state index contributed by atoms with van der Waals surface area (Å²) < 4.78 is 43.7. The molecule has 0 aromatic heterocycles. The number of unbranched alkanes of at least 4 members (excludes halogenated alkanes) is 14. The molecule has 0 aliphatic rings. The first-order valence-corrected chi connectivity index (χ1v) is 18.0. The Hall–Kier alpha value is -0.810. The van der Waals surface area contributed by atoms with Gasteiger partial charge in [0.25, 0.3) is 0 Å². The molecule has 0 rings (SSSR count). The minimum atomic E-state index is -0.138. The third-order valence-electron chi connectivity index (χ3n) is 7.10. The van der Waals surface area contributed by atoms with Crippen molar-refractivity contribution < 1.29 is 42.7 Å². The van der Waals surface area contributed by atoms with Gasteiger partial charge in [-0.05, 0) is 12.8 Å². The van der Waals surface area contributed by atoms with Gasteiger partial charge in [0.2, 0.25) is 0 Å². The van der Waals surface area contributed by atoms with E-state index in [-0.39, 0.29) is 5.97 Å². The zero-order chi connectivity index (χ0) is 31.9. The number of carbonyl (C=O) groups is 1. The molecule has 0 bridgehead atoms. The molecular weight excluding hydrogens is 564 g/mol. The fourth-order valence-corrected chi connectivity index (χ4v) is 4.45. The summed E-state index contributed by atoms with van der Waals surface area (Å²) in [4.78, 5) is 11.6. The van der Waals surface area contributed by atoms with Gasteiger partial charge in [-0.1, -0.05) is 104 Å². The lowest BCUT2D eigenvalue weighted by molar-refractivity contribution is -0.145. The van der Waals surface area contributed by atoms with Crippen LogP contribution in [0.3, 0.4) is 0 Å². The highest BCUT2D eigenvalue weighted by Crippen LogP contribution is 2.11. The van der Waals surface area contributed by atoms with Gasteiger partial charge in [0, 0.05) is 13.0 Å². The van der Waals surface area contributed by atoms with Crippen molar-refractivity contribution >= 4 is 5.97 Å². The van der Waals surface area contributed by atoms with Gasteiger partial charge in [-0.15, -0.1) is 0 Å². The highest BCUT2D eigenvalue weighted by molar-refractivity contribution is 5.69. The van der Waals surface area contributed by atoms with Gasteiger partial charge in [0.1, 0.15) is 6.61 Å². The fraction of sp³-hybridized carbons (Fsp3) is 0.971. The van der Waals surface area contributed by atoms with Crippen molar-refractivity contribution in [3.05, 3.63) is 0 Å². The molecule has 0 radical (unpaired) electrons. The molecule has 0 spiro atoms. The van der Waals surface area contributed by atoms with Crippen LogP contribution in [0.15, 0.2) is 0 Å². The predicted octanol–water partition coefficient (Wildman–Crippen LogP) is 7.32. The first-order valence-electron chi connectivity index (χ1n) is 18.0. The molecule has 264 valence electrons. The van der Waals surface area contributed by atoms with E-state index in [1.807, 2.05) is 0 Å². The van der Waals surface area contributed by atoms with Crippen LogP contribution in [-0.4, -0.2) is 105 Å². The molecule has 0 amide bonds. The van der Waals surface area contributed by atoms with Gasteiger partial charge in [-0.2, -0.15) is 0 Å². The lowest BCUT2D eigenvalue weighted by Crippen LogP contribution is -2.15. The molecule has 9 nitrogen and oxygen atoms in total. The van der Waals surface area contributed by atoms with Gasteiger partial charge >= 0.3 is 5.97 Å². The fourth-order valence-electron chi connectivity index (χ4n) is 4.45. The van der Waals surface area contributed by atoms with E-state index in [4.69, 9.17) is 37.9 Å². The van der Waals surface area contributed by atoms with Crippen LogP contribution >= 0.6 is 0 Å². The van der Waals surface area contributed by atoms with Crippen LogP contribution in [0.25, 0.3) is 0 Å². The molecule has 0 aliphatic carbocycles. The Morgan fingerprint density at radius 1 is 0.318 bits per heavy atom. The Morgan fingerprint density at radius 3 is 0.955 bits per heavy atom. The summed E-state index contributed by atoms with van der Waals surface area (Å²) in [7, 11) is 0. The molecule has 0 aromatic carbocycles. The van der Waals surface area contributed by atoms with E-state index in [1.54, 1.807) is 0 Å². The minimum Gasteiger partial charge on any atom is -0.463 e. The second kappa shape index (κ2) is 40.2. The topological polar surface area (TPSA) is 90.9 Å². The molecular formula is C35H70O9. The monoisotopic (exact) mass is 635 g/mol. The molecule has 44 heavy (non-hydrogen) atoms. The van der Waals surface area contributed by atoms with Crippen molar-refractivity contribution in [1.82, 2.24) is 0 Å². The maximum Gasteiger partial charge on any atom is 0.305 e. The van der Waals surface area contributed by atoms with Gasteiger partial charge in [-0.3, -0.25) is 4.79 Å².